The third-order valence-corrected chi connectivity index (χ3v) is 5.79. The molecule has 1 atom stereocenters. The number of benzene rings is 2. The van der Waals surface area contributed by atoms with Gasteiger partial charge in [-0.05, 0) is 44.5 Å². The van der Waals surface area contributed by atoms with Crippen molar-refractivity contribution in [2.75, 3.05) is 19.5 Å². The van der Waals surface area contributed by atoms with Gasteiger partial charge in [0.25, 0.3) is 5.56 Å². The van der Waals surface area contributed by atoms with Gasteiger partial charge in [-0.2, -0.15) is 10.2 Å². The number of amides is 1. The summed E-state index contributed by atoms with van der Waals surface area (Å²) in [6, 6.07) is 13.9. The fourth-order valence-corrected chi connectivity index (χ4v) is 4.00. The van der Waals surface area contributed by atoms with Crippen molar-refractivity contribution in [3.63, 3.8) is 0 Å². The standard InChI is InChI=1S/C25H27N5O4/c1-6-20(24(31)26-19-13-12-18(33-4)14-21(19)34-5)30-25(32)22-16(3)29(17-10-8-7-9-11-17)28-23(22)15(2)27-30/h7-14,20H,6H2,1-5H3,(H,26,31)/t20-/m1/s1. The molecule has 176 valence electrons. The Kier molecular flexibility index (Phi) is 6.36. The largest absolute Gasteiger partial charge is 0.497 e. The minimum atomic E-state index is -0.818. The van der Waals surface area contributed by atoms with Gasteiger partial charge in [0.1, 0.15) is 23.1 Å². The molecule has 0 bridgehead atoms. The van der Waals surface area contributed by atoms with Gasteiger partial charge in [-0.1, -0.05) is 25.1 Å². The molecular weight excluding hydrogens is 434 g/mol. The number of methoxy groups -OCH3 is 2. The Bertz CT molecular complexity index is 1410. The summed E-state index contributed by atoms with van der Waals surface area (Å²) in [6.07, 6.45) is 0.369. The minimum Gasteiger partial charge on any atom is -0.497 e. The van der Waals surface area contributed by atoms with Crippen molar-refractivity contribution in [2.45, 2.75) is 33.2 Å². The Labute approximate surface area is 196 Å². The molecule has 1 amide bonds. The molecule has 2 aromatic heterocycles. The van der Waals surface area contributed by atoms with Gasteiger partial charge in [0.2, 0.25) is 5.91 Å². The monoisotopic (exact) mass is 461 g/mol. The maximum atomic E-state index is 13.5. The third-order valence-electron chi connectivity index (χ3n) is 5.79. The molecular formula is C25H27N5O4. The second kappa shape index (κ2) is 9.38. The van der Waals surface area contributed by atoms with Crippen molar-refractivity contribution >= 4 is 22.5 Å². The van der Waals surface area contributed by atoms with E-state index in [4.69, 9.17) is 9.47 Å². The smallest absolute Gasteiger partial charge is 0.278 e. The summed E-state index contributed by atoms with van der Waals surface area (Å²) < 4.78 is 13.6. The highest BCUT2D eigenvalue weighted by Crippen LogP contribution is 2.30. The van der Waals surface area contributed by atoms with E-state index in [1.165, 1.54) is 11.8 Å². The van der Waals surface area contributed by atoms with Crippen molar-refractivity contribution in [1.82, 2.24) is 19.6 Å². The number of nitrogens with zero attached hydrogens (tertiary/aromatic N) is 4. The van der Waals surface area contributed by atoms with Gasteiger partial charge in [-0.25, -0.2) is 9.36 Å². The highest BCUT2D eigenvalue weighted by molar-refractivity contribution is 5.95. The molecule has 4 aromatic rings. The summed E-state index contributed by atoms with van der Waals surface area (Å²) in [4.78, 5) is 26.8. The summed E-state index contributed by atoms with van der Waals surface area (Å²) in [6.45, 7) is 5.47. The number of ether oxygens (including phenoxy) is 2. The molecule has 0 radical (unpaired) electrons. The van der Waals surface area contributed by atoms with E-state index in [2.05, 4.69) is 15.5 Å². The number of carbonyl (C=O) groups excluding carboxylic acids is 1. The van der Waals surface area contributed by atoms with Gasteiger partial charge in [-0.15, -0.1) is 0 Å². The lowest BCUT2D eigenvalue weighted by Crippen LogP contribution is -2.35. The quantitative estimate of drug-likeness (QED) is 0.449. The Morgan fingerprint density at radius 1 is 1.06 bits per heavy atom. The van der Waals surface area contributed by atoms with E-state index < -0.39 is 6.04 Å². The second-order valence-electron chi connectivity index (χ2n) is 7.87. The number of aryl methyl sites for hydroxylation is 2. The topological polar surface area (TPSA) is 100 Å². The van der Waals surface area contributed by atoms with Crippen LogP contribution in [-0.2, 0) is 4.79 Å². The molecule has 0 saturated carbocycles. The van der Waals surface area contributed by atoms with E-state index >= 15 is 0 Å². The van der Waals surface area contributed by atoms with Crippen LogP contribution in [0.1, 0.15) is 30.8 Å². The molecule has 0 saturated heterocycles. The lowest BCUT2D eigenvalue weighted by molar-refractivity contribution is -0.119. The van der Waals surface area contributed by atoms with E-state index in [0.29, 0.717) is 45.9 Å². The van der Waals surface area contributed by atoms with Crippen molar-refractivity contribution in [1.29, 1.82) is 0 Å². The van der Waals surface area contributed by atoms with Crippen LogP contribution in [-0.4, -0.2) is 39.7 Å². The van der Waals surface area contributed by atoms with E-state index in [1.807, 2.05) is 44.2 Å². The van der Waals surface area contributed by atoms with Gasteiger partial charge in [0, 0.05) is 6.07 Å². The maximum absolute atomic E-state index is 13.5. The highest BCUT2D eigenvalue weighted by Gasteiger charge is 2.26. The average molecular weight is 462 g/mol. The predicted octanol–water partition coefficient (Wildman–Crippen LogP) is 3.81. The summed E-state index contributed by atoms with van der Waals surface area (Å²) in [7, 11) is 3.07. The first-order valence-electron chi connectivity index (χ1n) is 11.0. The molecule has 9 nitrogen and oxygen atoms in total. The minimum absolute atomic E-state index is 0.357. The first-order valence-corrected chi connectivity index (χ1v) is 11.0. The molecule has 0 spiro atoms. The number of para-hydroxylation sites is 1. The van der Waals surface area contributed by atoms with Crippen LogP contribution in [0.25, 0.3) is 16.6 Å². The summed E-state index contributed by atoms with van der Waals surface area (Å²) >= 11 is 0. The number of hydrogen-bond donors (Lipinski definition) is 1. The molecule has 2 aromatic carbocycles. The number of fused-ring (bicyclic) bond motifs is 1. The Balaban J connectivity index is 1.76. The highest BCUT2D eigenvalue weighted by atomic mass is 16.5. The van der Waals surface area contributed by atoms with E-state index in [0.717, 1.165) is 5.69 Å². The third kappa shape index (κ3) is 4.00. The van der Waals surface area contributed by atoms with Crippen LogP contribution in [0.4, 0.5) is 5.69 Å². The molecule has 4 rings (SSSR count). The maximum Gasteiger partial charge on any atom is 0.278 e. The van der Waals surface area contributed by atoms with Crippen LogP contribution in [0.5, 0.6) is 11.5 Å². The average Bonchev–Trinajstić information content (AvgIpc) is 3.21. The van der Waals surface area contributed by atoms with E-state index in [1.54, 1.807) is 36.9 Å². The molecule has 0 fully saturated rings. The van der Waals surface area contributed by atoms with Crippen LogP contribution < -0.4 is 20.3 Å². The predicted molar refractivity (Wildman–Crippen MR) is 130 cm³/mol. The summed E-state index contributed by atoms with van der Waals surface area (Å²) in [5.74, 6) is 0.689. The molecule has 2 heterocycles. The molecule has 0 aliphatic carbocycles. The van der Waals surface area contributed by atoms with Crippen LogP contribution in [0.3, 0.4) is 0 Å². The number of nitrogens with one attached hydrogen (secondary N) is 1. The Morgan fingerprint density at radius 3 is 2.44 bits per heavy atom. The van der Waals surface area contributed by atoms with Crippen molar-refractivity contribution in [3.8, 4) is 17.2 Å². The van der Waals surface area contributed by atoms with Crippen molar-refractivity contribution in [2.24, 2.45) is 0 Å². The molecule has 0 aliphatic rings. The SMILES string of the molecule is CC[C@H](C(=O)Nc1ccc(OC)cc1OC)n1nc(C)c2nn(-c3ccccc3)c(C)c2c1=O. The summed E-state index contributed by atoms with van der Waals surface area (Å²) in [5, 5.41) is 12.4. The zero-order valence-electron chi connectivity index (χ0n) is 19.8. The van der Waals surface area contributed by atoms with Crippen LogP contribution in [0.2, 0.25) is 0 Å². The van der Waals surface area contributed by atoms with E-state index in [9.17, 15) is 9.59 Å². The van der Waals surface area contributed by atoms with Crippen LogP contribution >= 0.6 is 0 Å². The van der Waals surface area contributed by atoms with Gasteiger partial charge >= 0.3 is 0 Å². The molecule has 0 aliphatic heterocycles. The molecule has 9 heteroatoms. The number of anilines is 1. The lowest BCUT2D eigenvalue weighted by atomic mass is 10.1. The Hall–Kier alpha value is -4.14. The summed E-state index contributed by atoms with van der Waals surface area (Å²) in [5.41, 5.74) is 2.75. The van der Waals surface area contributed by atoms with Gasteiger partial charge in [0.15, 0.2) is 0 Å². The van der Waals surface area contributed by atoms with Crippen LogP contribution in [0.15, 0.2) is 53.3 Å². The first kappa shape index (κ1) is 23.0. The zero-order chi connectivity index (χ0) is 24.4. The fourth-order valence-electron chi connectivity index (χ4n) is 4.00. The number of hydrogen-bond acceptors (Lipinski definition) is 6. The second-order valence-corrected chi connectivity index (χ2v) is 7.87. The van der Waals surface area contributed by atoms with Crippen molar-refractivity contribution in [3.05, 3.63) is 70.3 Å². The van der Waals surface area contributed by atoms with E-state index in [-0.39, 0.29) is 11.5 Å². The zero-order valence-corrected chi connectivity index (χ0v) is 19.8. The van der Waals surface area contributed by atoms with Crippen molar-refractivity contribution < 1.29 is 14.3 Å². The number of aromatic nitrogens is 4. The molecule has 1 N–H and O–H groups in total. The number of rotatable bonds is 7. The lowest BCUT2D eigenvalue weighted by Gasteiger charge is -2.18. The molecule has 0 unspecified atom stereocenters. The first-order chi connectivity index (χ1) is 16.4. The van der Waals surface area contributed by atoms with Gasteiger partial charge in [-0.3, -0.25) is 9.59 Å². The Morgan fingerprint density at radius 2 is 1.79 bits per heavy atom. The van der Waals surface area contributed by atoms with Crippen LogP contribution in [0, 0.1) is 13.8 Å². The fraction of sp³-hybridized carbons (Fsp3) is 0.280. The normalized spacial score (nSPS) is 11.9. The van der Waals surface area contributed by atoms with Gasteiger partial charge < -0.3 is 14.8 Å². The molecule has 34 heavy (non-hydrogen) atoms. The number of carbonyl (C=O) groups is 1. The van der Waals surface area contributed by atoms with Gasteiger partial charge in [0.05, 0.1) is 42.4 Å².